The van der Waals surface area contributed by atoms with Crippen LogP contribution in [0.15, 0.2) is 22.7 Å². The Balaban J connectivity index is 2.22. The van der Waals surface area contributed by atoms with Crippen molar-refractivity contribution in [2.24, 2.45) is 5.84 Å². The molecular weight excluding hydrogens is 335 g/mol. The fourth-order valence-electron chi connectivity index (χ4n) is 3.34. The summed E-state index contributed by atoms with van der Waals surface area (Å²) >= 11 is 3.49. The molecule has 3 nitrogen and oxygen atoms in total. The van der Waals surface area contributed by atoms with Crippen molar-refractivity contribution in [1.29, 1.82) is 0 Å². The molecule has 0 radical (unpaired) electrons. The number of hydrogen-bond acceptors (Lipinski definition) is 3. The van der Waals surface area contributed by atoms with E-state index in [0.29, 0.717) is 6.42 Å². The number of hydrazine groups is 1. The zero-order chi connectivity index (χ0) is 15.3. The topological polar surface area (TPSA) is 47.3 Å². The Hall–Kier alpha value is -0.490. The van der Waals surface area contributed by atoms with Crippen LogP contribution in [0.4, 0.5) is 4.39 Å². The summed E-state index contributed by atoms with van der Waals surface area (Å²) in [6, 6.07) is 4.73. The highest BCUT2D eigenvalue weighted by molar-refractivity contribution is 9.10. The van der Waals surface area contributed by atoms with Crippen LogP contribution in [-0.2, 0) is 11.2 Å². The Morgan fingerprint density at radius 1 is 1.33 bits per heavy atom. The van der Waals surface area contributed by atoms with Crippen LogP contribution in [-0.4, -0.2) is 18.8 Å². The van der Waals surface area contributed by atoms with E-state index in [0.717, 1.165) is 35.7 Å². The monoisotopic (exact) mass is 358 g/mol. The van der Waals surface area contributed by atoms with Crippen LogP contribution in [0, 0.1) is 5.82 Å². The lowest BCUT2D eigenvalue weighted by Crippen LogP contribution is -2.55. The van der Waals surface area contributed by atoms with Crippen molar-refractivity contribution in [1.82, 2.24) is 5.43 Å². The van der Waals surface area contributed by atoms with Crippen molar-refractivity contribution in [2.45, 2.75) is 56.6 Å². The van der Waals surface area contributed by atoms with Gasteiger partial charge in [-0.15, -0.1) is 0 Å². The summed E-state index contributed by atoms with van der Waals surface area (Å²) in [7, 11) is 1.76. The Bertz CT molecular complexity index is 462. The van der Waals surface area contributed by atoms with Gasteiger partial charge in [0, 0.05) is 11.6 Å². The predicted octanol–water partition coefficient (Wildman–Crippen LogP) is 3.70. The fraction of sp³-hybridized carbons (Fsp3) is 0.625. The van der Waals surface area contributed by atoms with E-state index in [1.54, 1.807) is 19.2 Å². The summed E-state index contributed by atoms with van der Waals surface area (Å²) in [4.78, 5) is 0. The first-order chi connectivity index (χ1) is 10.1. The molecule has 3 N–H and O–H groups in total. The number of hydrogen-bond donors (Lipinski definition) is 2. The van der Waals surface area contributed by atoms with Crippen molar-refractivity contribution in [3.63, 3.8) is 0 Å². The van der Waals surface area contributed by atoms with E-state index in [2.05, 4.69) is 21.4 Å². The number of nitrogens with one attached hydrogen (secondary N) is 1. The van der Waals surface area contributed by atoms with Gasteiger partial charge in [-0.3, -0.25) is 11.3 Å². The number of nitrogens with two attached hydrogens (primary N) is 1. The van der Waals surface area contributed by atoms with Crippen LogP contribution >= 0.6 is 15.9 Å². The van der Waals surface area contributed by atoms with Gasteiger partial charge >= 0.3 is 0 Å². The lowest BCUT2D eigenvalue weighted by Gasteiger charge is -2.39. The third-order valence-electron chi connectivity index (χ3n) is 4.62. The van der Waals surface area contributed by atoms with Crippen LogP contribution in [0.5, 0.6) is 0 Å². The third-order valence-corrected chi connectivity index (χ3v) is 5.40. The van der Waals surface area contributed by atoms with E-state index in [9.17, 15) is 4.39 Å². The first-order valence-corrected chi connectivity index (χ1v) is 8.36. The molecule has 0 bridgehead atoms. The van der Waals surface area contributed by atoms with Crippen LogP contribution in [0.1, 0.15) is 44.1 Å². The molecule has 1 atom stereocenters. The molecule has 2 rings (SSSR count). The zero-order valence-corrected chi connectivity index (χ0v) is 14.1. The molecule has 0 amide bonds. The third kappa shape index (κ3) is 4.03. The average Bonchev–Trinajstić information content (AvgIpc) is 2.74. The lowest BCUT2D eigenvalue weighted by molar-refractivity contribution is -0.0527. The molecule has 0 spiro atoms. The minimum Gasteiger partial charge on any atom is -0.377 e. The van der Waals surface area contributed by atoms with E-state index in [-0.39, 0.29) is 17.5 Å². The van der Waals surface area contributed by atoms with Crippen LogP contribution in [0.3, 0.4) is 0 Å². The molecular formula is C16H24BrFN2O. The maximum Gasteiger partial charge on any atom is 0.123 e. The molecule has 0 heterocycles. The highest BCUT2D eigenvalue weighted by Gasteiger charge is 2.39. The zero-order valence-electron chi connectivity index (χ0n) is 12.5. The Morgan fingerprint density at radius 3 is 2.57 bits per heavy atom. The normalized spacial score (nSPS) is 20.0. The molecule has 5 heteroatoms. The van der Waals surface area contributed by atoms with Gasteiger partial charge in [-0.25, -0.2) is 4.39 Å². The molecule has 118 valence electrons. The molecule has 0 aliphatic heterocycles. The van der Waals surface area contributed by atoms with Crippen molar-refractivity contribution in [2.75, 3.05) is 7.11 Å². The highest BCUT2D eigenvalue weighted by Crippen LogP contribution is 2.35. The minimum atomic E-state index is -0.267. The molecule has 0 saturated heterocycles. The van der Waals surface area contributed by atoms with Gasteiger partial charge < -0.3 is 4.74 Å². The van der Waals surface area contributed by atoms with E-state index in [1.807, 2.05) is 0 Å². The van der Waals surface area contributed by atoms with E-state index < -0.39 is 0 Å². The van der Waals surface area contributed by atoms with Gasteiger partial charge in [0.05, 0.1) is 11.6 Å². The van der Waals surface area contributed by atoms with Crippen molar-refractivity contribution in [3.8, 4) is 0 Å². The second-order valence-electron chi connectivity index (χ2n) is 5.84. The quantitative estimate of drug-likeness (QED) is 0.479. The smallest absolute Gasteiger partial charge is 0.123 e. The van der Waals surface area contributed by atoms with Crippen molar-refractivity contribution in [3.05, 3.63) is 34.1 Å². The standard InChI is InChI=1S/C16H24BrFN2O/c1-21-16(8-4-2-3-5-9-16)15(20-19)11-12-10-13(18)6-7-14(12)17/h6-7,10,15,20H,2-5,8-9,11,19H2,1H3. The predicted molar refractivity (Wildman–Crippen MR) is 86.4 cm³/mol. The van der Waals surface area contributed by atoms with Gasteiger partial charge in [0.15, 0.2) is 0 Å². The van der Waals surface area contributed by atoms with Gasteiger partial charge in [-0.05, 0) is 43.0 Å². The SMILES string of the molecule is COC1(C(Cc2cc(F)ccc2Br)NN)CCCCCC1. The van der Waals surface area contributed by atoms with E-state index >= 15 is 0 Å². The number of halogens is 2. The second-order valence-corrected chi connectivity index (χ2v) is 6.70. The average molecular weight is 359 g/mol. The first-order valence-electron chi connectivity index (χ1n) is 7.56. The fourth-order valence-corrected chi connectivity index (χ4v) is 3.75. The second kappa shape index (κ2) is 7.68. The van der Waals surface area contributed by atoms with Crippen molar-refractivity contribution < 1.29 is 9.13 Å². The number of rotatable bonds is 5. The Morgan fingerprint density at radius 2 is 2.00 bits per heavy atom. The Labute approximate surface area is 134 Å². The van der Waals surface area contributed by atoms with E-state index in [4.69, 9.17) is 10.6 Å². The largest absolute Gasteiger partial charge is 0.377 e. The maximum absolute atomic E-state index is 13.5. The van der Waals surface area contributed by atoms with Crippen molar-refractivity contribution >= 4 is 15.9 Å². The number of ether oxygens (including phenoxy) is 1. The van der Waals surface area contributed by atoms with Gasteiger partial charge in [-0.2, -0.15) is 0 Å². The summed E-state index contributed by atoms with van der Waals surface area (Å²) in [5.41, 5.74) is 3.57. The van der Waals surface area contributed by atoms with Crippen LogP contribution in [0.2, 0.25) is 0 Å². The summed E-state index contributed by atoms with van der Waals surface area (Å²) in [5, 5.41) is 0. The molecule has 1 unspecified atom stereocenters. The molecule has 1 saturated carbocycles. The summed E-state index contributed by atoms with van der Waals surface area (Å²) in [6.45, 7) is 0. The van der Waals surface area contributed by atoms with Crippen LogP contribution in [0.25, 0.3) is 0 Å². The number of methoxy groups -OCH3 is 1. The molecule has 1 aliphatic carbocycles. The van der Waals surface area contributed by atoms with Gasteiger partial charge in [-0.1, -0.05) is 41.6 Å². The van der Waals surface area contributed by atoms with Gasteiger partial charge in [0.2, 0.25) is 0 Å². The first kappa shape index (κ1) is 16.9. The Kier molecular flexibility index (Phi) is 6.17. The molecule has 1 fully saturated rings. The van der Waals surface area contributed by atoms with E-state index in [1.165, 1.54) is 18.9 Å². The summed E-state index contributed by atoms with van der Waals surface area (Å²) < 4.78 is 20.3. The molecule has 21 heavy (non-hydrogen) atoms. The van der Waals surface area contributed by atoms with Gasteiger partial charge in [0.1, 0.15) is 5.82 Å². The molecule has 1 aromatic carbocycles. The molecule has 1 aliphatic rings. The molecule has 0 aromatic heterocycles. The maximum atomic E-state index is 13.5. The minimum absolute atomic E-state index is 0.0290. The summed E-state index contributed by atoms with van der Waals surface area (Å²) in [5.74, 6) is 5.59. The highest BCUT2D eigenvalue weighted by atomic mass is 79.9. The van der Waals surface area contributed by atoms with Gasteiger partial charge in [0.25, 0.3) is 0 Å². The lowest BCUT2D eigenvalue weighted by atomic mass is 9.83. The number of benzene rings is 1. The summed E-state index contributed by atoms with van der Waals surface area (Å²) in [6.07, 6.45) is 7.41. The van der Waals surface area contributed by atoms with Crippen LogP contribution < -0.4 is 11.3 Å². The molecule has 1 aromatic rings.